The Morgan fingerprint density at radius 1 is 1.11 bits per heavy atom. The lowest BCUT2D eigenvalue weighted by molar-refractivity contribution is 0.113. The fourth-order valence-electron chi connectivity index (χ4n) is 3.83. The van der Waals surface area contributed by atoms with E-state index in [0.29, 0.717) is 5.82 Å². The highest BCUT2D eigenvalue weighted by Crippen LogP contribution is 2.40. The van der Waals surface area contributed by atoms with Crippen LogP contribution in [0.4, 0.5) is 0 Å². The van der Waals surface area contributed by atoms with Crippen molar-refractivity contribution in [3.05, 3.63) is 46.1 Å². The minimum Gasteiger partial charge on any atom is -0.492 e. The molecule has 4 rings (SSSR count). The van der Waals surface area contributed by atoms with E-state index in [1.165, 1.54) is 11.1 Å². The molecule has 0 bridgehead atoms. The Labute approximate surface area is 164 Å². The molecular formula is C20H27N5OS. The van der Waals surface area contributed by atoms with E-state index in [0.717, 1.165) is 49.0 Å². The smallest absolute Gasteiger partial charge is 0.230 e. The summed E-state index contributed by atoms with van der Waals surface area (Å²) in [5.74, 6) is 0.904. The summed E-state index contributed by atoms with van der Waals surface area (Å²) in [4.78, 5) is 11.1. The van der Waals surface area contributed by atoms with E-state index < -0.39 is 0 Å². The standard InChI is InChI=1S/C20H27N5OS/c1-4-15-6-8-16(9-7-15)17(24-12-10-23(5-2)11-13-24)18-19(26)25-20(27-18)21-14(3)22-25/h6-9,17,26H,4-5,10-13H2,1-3H3. The number of piperazine rings is 1. The van der Waals surface area contributed by atoms with Gasteiger partial charge in [0, 0.05) is 26.2 Å². The molecule has 3 aromatic rings. The molecule has 1 saturated heterocycles. The van der Waals surface area contributed by atoms with Gasteiger partial charge in [0.15, 0.2) is 0 Å². The van der Waals surface area contributed by atoms with Gasteiger partial charge in [0.25, 0.3) is 0 Å². The van der Waals surface area contributed by atoms with Gasteiger partial charge in [-0.15, -0.1) is 5.10 Å². The van der Waals surface area contributed by atoms with Crippen molar-refractivity contribution in [3.8, 4) is 5.88 Å². The summed E-state index contributed by atoms with van der Waals surface area (Å²) in [7, 11) is 0. The van der Waals surface area contributed by atoms with E-state index in [9.17, 15) is 5.11 Å². The van der Waals surface area contributed by atoms with Gasteiger partial charge in [0.2, 0.25) is 10.8 Å². The second kappa shape index (κ2) is 7.58. The molecule has 1 fully saturated rings. The molecule has 0 spiro atoms. The van der Waals surface area contributed by atoms with Gasteiger partial charge in [-0.05, 0) is 31.0 Å². The lowest BCUT2D eigenvalue weighted by Gasteiger charge is -2.38. The van der Waals surface area contributed by atoms with Crippen LogP contribution in [0, 0.1) is 6.92 Å². The average Bonchev–Trinajstić information content (AvgIpc) is 3.20. The summed E-state index contributed by atoms with van der Waals surface area (Å²) in [5, 5.41) is 15.2. The van der Waals surface area contributed by atoms with Crippen LogP contribution in [0.3, 0.4) is 0 Å². The van der Waals surface area contributed by atoms with Crippen molar-refractivity contribution in [2.75, 3.05) is 32.7 Å². The zero-order valence-corrected chi connectivity index (χ0v) is 17.0. The van der Waals surface area contributed by atoms with Gasteiger partial charge in [0.1, 0.15) is 5.82 Å². The molecule has 1 N–H and O–H groups in total. The van der Waals surface area contributed by atoms with Crippen molar-refractivity contribution in [1.82, 2.24) is 24.4 Å². The SMILES string of the molecule is CCc1ccc(C(c2sc3nc(C)nn3c2O)N2CCN(CC)CC2)cc1. The quantitative estimate of drug-likeness (QED) is 0.731. The summed E-state index contributed by atoms with van der Waals surface area (Å²) >= 11 is 1.54. The Kier molecular flexibility index (Phi) is 5.16. The van der Waals surface area contributed by atoms with Crippen LogP contribution in [0.1, 0.15) is 41.7 Å². The van der Waals surface area contributed by atoms with Crippen molar-refractivity contribution in [2.24, 2.45) is 0 Å². The first-order valence-electron chi connectivity index (χ1n) is 9.71. The first-order chi connectivity index (χ1) is 13.1. The number of aromatic hydroxyl groups is 1. The number of hydrogen-bond donors (Lipinski definition) is 1. The van der Waals surface area contributed by atoms with Crippen LogP contribution in [-0.4, -0.2) is 62.2 Å². The maximum Gasteiger partial charge on any atom is 0.230 e. The molecule has 1 aliphatic rings. The van der Waals surface area contributed by atoms with Crippen molar-refractivity contribution < 1.29 is 5.11 Å². The minimum absolute atomic E-state index is 0.0312. The third kappa shape index (κ3) is 3.47. The molecule has 3 heterocycles. The Morgan fingerprint density at radius 2 is 1.81 bits per heavy atom. The monoisotopic (exact) mass is 385 g/mol. The topological polar surface area (TPSA) is 56.9 Å². The molecule has 1 aromatic carbocycles. The molecule has 0 saturated carbocycles. The molecule has 7 heteroatoms. The molecule has 0 radical (unpaired) electrons. The highest BCUT2D eigenvalue weighted by molar-refractivity contribution is 7.17. The maximum atomic E-state index is 10.9. The maximum absolute atomic E-state index is 10.9. The molecule has 0 amide bonds. The second-order valence-electron chi connectivity index (χ2n) is 7.11. The van der Waals surface area contributed by atoms with E-state index in [1.807, 2.05) is 6.92 Å². The number of rotatable bonds is 5. The largest absolute Gasteiger partial charge is 0.492 e. The third-order valence-electron chi connectivity index (χ3n) is 5.48. The third-order valence-corrected chi connectivity index (χ3v) is 6.55. The van der Waals surface area contributed by atoms with Gasteiger partial charge in [-0.25, -0.2) is 4.98 Å². The number of fused-ring (bicyclic) bond motifs is 1. The van der Waals surface area contributed by atoms with Crippen molar-refractivity contribution in [3.63, 3.8) is 0 Å². The first-order valence-corrected chi connectivity index (χ1v) is 10.5. The predicted molar refractivity (Wildman–Crippen MR) is 109 cm³/mol. The number of thiazole rings is 1. The Hall–Kier alpha value is -1.96. The molecule has 27 heavy (non-hydrogen) atoms. The number of aryl methyl sites for hydroxylation is 2. The van der Waals surface area contributed by atoms with Gasteiger partial charge in [-0.1, -0.05) is 49.4 Å². The predicted octanol–water partition coefficient (Wildman–Crippen LogP) is 3.09. The van der Waals surface area contributed by atoms with Crippen LogP contribution in [0.2, 0.25) is 0 Å². The van der Waals surface area contributed by atoms with Crippen LogP contribution >= 0.6 is 11.3 Å². The lowest BCUT2D eigenvalue weighted by atomic mass is 10.0. The Morgan fingerprint density at radius 3 is 2.41 bits per heavy atom. The van der Waals surface area contributed by atoms with Crippen LogP contribution < -0.4 is 0 Å². The summed E-state index contributed by atoms with van der Waals surface area (Å²) in [6.07, 6.45) is 1.03. The molecule has 144 valence electrons. The highest BCUT2D eigenvalue weighted by Gasteiger charge is 2.31. The van der Waals surface area contributed by atoms with Crippen LogP contribution in [0.5, 0.6) is 5.88 Å². The molecular weight excluding hydrogens is 358 g/mol. The van der Waals surface area contributed by atoms with E-state index in [4.69, 9.17) is 0 Å². The summed E-state index contributed by atoms with van der Waals surface area (Å²) in [6, 6.07) is 8.83. The van der Waals surface area contributed by atoms with Crippen molar-refractivity contribution >= 4 is 16.3 Å². The Balaban J connectivity index is 1.74. The van der Waals surface area contributed by atoms with E-state index in [-0.39, 0.29) is 11.9 Å². The molecule has 1 atom stereocenters. The lowest BCUT2D eigenvalue weighted by Crippen LogP contribution is -2.47. The number of benzene rings is 1. The van der Waals surface area contributed by atoms with Gasteiger partial charge in [-0.2, -0.15) is 4.52 Å². The van der Waals surface area contributed by atoms with E-state index in [1.54, 1.807) is 15.9 Å². The van der Waals surface area contributed by atoms with Crippen LogP contribution in [0.25, 0.3) is 4.96 Å². The van der Waals surface area contributed by atoms with Gasteiger partial charge in [0.05, 0.1) is 10.9 Å². The summed E-state index contributed by atoms with van der Waals surface area (Å²) in [5.41, 5.74) is 2.55. The first kappa shape index (κ1) is 18.4. The number of hydrogen-bond acceptors (Lipinski definition) is 6. The Bertz CT molecular complexity index is 908. The van der Waals surface area contributed by atoms with Crippen LogP contribution in [0.15, 0.2) is 24.3 Å². The summed E-state index contributed by atoms with van der Waals surface area (Å²) in [6.45, 7) is 11.4. The fourth-order valence-corrected chi connectivity index (χ4v) is 4.99. The van der Waals surface area contributed by atoms with Crippen molar-refractivity contribution in [1.29, 1.82) is 0 Å². The zero-order chi connectivity index (χ0) is 19.0. The second-order valence-corrected chi connectivity index (χ2v) is 8.12. The minimum atomic E-state index is 0.0312. The normalized spacial score (nSPS) is 17.6. The van der Waals surface area contributed by atoms with Gasteiger partial charge < -0.3 is 10.0 Å². The van der Waals surface area contributed by atoms with Crippen LogP contribution in [-0.2, 0) is 6.42 Å². The summed E-state index contributed by atoms with van der Waals surface area (Å²) < 4.78 is 1.57. The fraction of sp³-hybridized carbons (Fsp3) is 0.500. The number of likely N-dealkylation sites (N-methyl/N-ethyl adjacent to an activating group) is 1. The average molecular weight is 386 g/mol. The molecule has 1 unspecified atom stereocenters. The van der Waals surface area contributed by atoms with Gasteiger partial charge in [-0.3, -0.25) is 4.90 Å². The highest BCUT2D eigenvalue weighted by atomic mass is 32.1. The molecule has 6 nitrogen and oxygen atoms in total. The zero-order valence-electron chi connectivity index (χ0n) is 16.2. The number of nitrogens with zero attached hydrogens (tertiary/aromatic N) is 5. The van der Waals surface area contributed by atoms with E-state index >= 15 is 0 Å². The molecule has 1 aliphatic heterocycles. The molecule has 2 aromatic heterocycles. The number of aromatic nitrogens is 3. The van der Waals surface area contributed by atoms with E-state index in [2.05, 4.69) is 58.0 Å². The van der Waals surface area contributed by atoms with Gasteiger partial charge >= 0.3 is 0 Å². The molecule has 0 aliphatic carbocycles. The van der Waals surface area contributed by atoms with Crippen molar-refractivity contribution in [2.45, 2.75) is 33.2 Å².